The number of aromatic nitrogens is 1. The highest BCUT2D eigenvalue weighted by molar-refractivity contribution is 7.18. The normalized spacial score (nSPS) is 10.6. The fraction of sp³-hybridized carbons (Fsp3) is 0.125. The second-order valence-electron chi connectivity index (χ2n) is 6.81. The minimum absolute atomic E-state index is 0.0201. The van der Waals surface area contributed by atoms with Crippen LogP contribution in [0, 0.1) is 11.3 Å². The number of nitrogens with one attached hydrogen (secondary N) is 1. The highest BCUT2D eigenvalue weighted by atomic mass is 32.1. The van der Waals surface area contributed by atoms with Crippen molar-refractivity contribution >= 4 is 33.1 Å². The smallest absolute Gasteiger partial charge is 0.224 e. The van der Waals surface area contributed by atoms with Crippen LogP contribution in [-0.2, 0) is 17.6 Å². The van der Waals surface area contributed by atoms with Gasteiger partial charge in [0.1, 0.15) is 0 Å². The van der Waals surface area contributed by atoms with Gasteiger partial charge in [-0.05, 0) is 53.9 Å². The Bertz CT molecular complexity index is 1140. The number of nitriles is 1. The minimum Gasteiger partial charge on any atom is -0.326 e. The summed E-state index contributed by atoms with van der Waals surface area (Å²) in [5.74, 6) is -0.0201. The molecule has 0 fully saturated rings. The van der Waals surface area contributed by atoms with Gasteiger partial charge in [-0.3, -0.25) is 4.79 Å². The van der Waals surface area contributed by atoms with E-state index < -0.39 is 0 Å². The Kier molecular flexibility index (Phi) is 5.64. The molecule has 4 aromatic rings. The molecule has 1 aromatic heterocycles. The van der Waals surface area contributed by atoms with E-state index in [-0.39, 0.29) is 5.91 Å². The Morgan fingerprint density at radius 3 is 2.41 bits per heavy atom. The van der Waals surface area contributed by atoms with Gasteiger partial charge in [0.15, 0.2) is 0 Å². The standard InChI is InChI=1S/C24H19N3OS/c25-16-19-7-5-17(6-8-19)11-14-23(28)26-20-12-9-18(10-13-20)15-24-27-21-3-1-2-4-22(21)29-24/h1-10,12-13H,11,14-15H2,(H,26,28). The van der Waals surface area contributed by atoms with Gasteiger partial charge in [-0.15, -0.1) is 11.3 Å². The molecule has 0 aliphatic carbocycles. The molecular weight excluding hydrogens is 378 g/mol. The molecule has 0 aliphatic heterocycles. The number of hydrogen-bond donors (Lipinski definition) is 1. The van der Waals surface area contributed by atoms with Crippen LogP contribution < -0.4 is 5.32 Å². The summed E-state index contributed by atoms with van der Waals surface area (Å²) in [6.45, 7) is 0. The van der Waals surface area contributed by atoms with Crippen molar-refractivity contribution in [2.75, 3.05) is 5.32 Å². The van der Waals surface area contributed by atoms with E-state index in [0.717, 1.165) is 28.2 Å². The molecule has 3 aromatic carbocycles. The summed E-state index contributed by atoms with van der Waals surface area (Å²) in [6, 6.07) is 25.5. The van der Waals surface area contributed by atoms with Gasteiger partial charge in [0.2, 0.25) is 5.91 Å². The van der Waals surface area contributed by atoms with Gasteiger partial charge in [-0.1, -0.05) is 36.4 Å². The molecule has 29 heavy (non-hydrogen) atoms. The van der Waals surface area contributed by atoms with Crippen LogP contribution in [0.15, 0.2) is 72.8 Å². The summed E-state index contributed by atoms with van der Waals surface area (Å²) in [4.78, 5) is 16.9. The van der Waals surface area contributed by atoms with Gasteiger partial charge in [-0.25, -0.2) is 4.98 Å². The van der Waals surface area contributed by atoms with Crippen molar-refractivity contribution in [2.45, 2.75) is 19.3 Å². The first-order valence-corrected chi connectivity index (χ1v) is 10.2. The van der Waals surface area contributed by atoms with Crippen LogP contribution in [0.3, 0.4) is 0 Å². The van der Waals surface area contributed by atoms with Crippen LogP contribution in [0.1, 0.15) is 28.1 Å². The van der Waals surface area contributed by atoms with Crippen LogP contribution in [-0.4, -0.2) is 10.9 Å². The predicted octanol–water partition coefficient (Wildman–Crippen LogP) is 5.33. The summed E-state index contributed by atoms with van der Waals surface area (Å²) >= 11 is 1.72. The average Bonchev–Trinajstić information content (AvgIpc) is 3.16. The molecule has 0 unspecified atom stereocenters. The SMILES string of the molecule is N#Cc1ccc(CCC(=O)Nc2ccc(Cc3nc4ccccc4s3)cc2)cc1. The third kappa shape index (κ3) is 4.87. The fourth-order valence-corrected chi connectivity index (χ4v) is 4.10. The van der Waals surface area contributed by atoms with Crippen molar-refractivity contribution in [3.8, 4) is 6.07 Å². The van der Waals surface area contributed by atoms with Gasteiger partial charge in [0.25, 0.3) is 0 Å². The van der Waals surface area contributed by atoms with Crippen molar-refractivity contribution in [1.29, 1.82) is 5.26 Å². The van der Waals surface area contributed by atoms with Gasteiger partial charge >= 0.3 is 0 Å². The second-order valence-corrected chi connectivity index (χ2v) is 7.92. The Morgan fingerprint density at radius 1 is 0.966 bits per heavy atom. The van der Waals surface area contributed by atoms with Gasteiger partial charge in [0, 0.05) is 18.5 Å². The number of rotatable bonds is 6. The maximum Gasteiger partial charge on any atom is 0.224 e. The fourth-order valence-electron chi connectivity index (χ4n) is 3.10. The molecule has 0 atom stereocenters. The zero-order valence-corrected chi connectivity index (χ0v) is 16.6. The van der Waals surface area contributed by atoms with Crippen molar-refractivity contribution in [1.82, 2.24) is 4.98 Å². The van der Waals surface area contributed by atoms with E-state index in [9.17, 15) is 4.79 Å². The molecule has 1 N–H and O–H groups in total. The summed E-state index contributed by atoms with van der Waals surface area (Å²) in [5.41, 5.74) is 4.68. The molecule has 0 saturated carbocycles. The van der Waals surface area contributed by atoms with E-state index in [4.69, 9.17) is 5.26 Å². The number of benzene rings is 3. The van der Waals surface area contributed by atoms with Gasteiger partial charge in [-0.2, -0.15) is 5.26 Å². The van der Waals surface area contributed by atoms with Crippen LogP contribution in [0.5, 0.6) is 0 Å². The summed E-state index contributed by atoms with van der Waals surface area (Å²) in [7, 11) is 0. The lowest BCUT2D eigenvalue weighted by molar-refractivity contribution is -0.116. The number of anilines is 1. The highest BCUT2D eigenvalue weighted by Gasteiger charge is 2.06. The number of carbonyl (C=O) groups excluding carboxylic acids is 1. The Hall–Kier alpha value is -3.49. The lowest BCUT2D eigenvalue weighted by atomic mass is 10.1. The number of para-hydroxylation sites is 1. The van der Waals surface area contributed by atoms with E-state index >= 15 is 0 Å². The Balaban J connectivity index is 1.31. The molecule has 0 bridgehead atoms. The Morgan fingerprint density at radius 2 is 1.69 bits per heavy atom. The largest absolute Gasteiger partial charge is 0.326 e. The van der Waals surface area contributed by atoms with Crippen molar-refractivity contribution in [2.24, 2.45) is 0 Å². The van der Waals surface area contributed by atoms with Crippen molar-refractivity contribution < 1.29 is 4.79 Å². The molecule has 5 heteroatoms. The maximum atomic E-state index is 12.2. The first kappa shape index (κ1) is 18.9. The van der Waals surface area contributed by atoms with E-state index in [1.807, 2.05) is 54.6 Å². The molecule has 1 heterocycles. The monoisotopic (exact) mass is 397 g/mol. The van der Waals surface area contributed by atoms with Crippen LogP contribution >= 0.6 is 11.3 Å². The second kappa shape index (κ2) is 8.68. The molecular formula is C24H19N3OS. The van der Waals surface area contributed by atoms with Gasteiger partial charge in [0.05, 0.1) is 26.9 Å². The summed E-state index contributed by atoms with van der Waals surface area (Å²) < 4.78 is 1.20. The van der Waals surface area contributed by atoms with E-state index in [1.165, 1.54) is 10.3 Å². The third-order valence-corrected chi connectivity index (χ3v) is 5.69. The van der Waals surface area contributed by atoms with E-state index in [0.29, 0.717) is 18.4 Å². The molecule has 4 nitrogen and oxygen atoms in total. The third-order valence-electron chi connectivity index (χ3n) is 4.65. The number of carbonyl (C=O) groups is 1. The molecule has 142 valence electrons. The summed E-state index contributed by atoms with van der Waals surface area (Å²) in [6.07, 6.45) is 1.83. The maximum absolute atomic E-state index is 12.2. The number of hydrogen-bond acceptors (Lipinski definition) is 4. The summed E-state index contributed by atoms with van der Waals surface area (Å²) in [5, 5.41) is 12.9. The molecule has 1 amide bonds. The lowest BCUT2D eigenvalue weighted by Crippen LogP contribution is -2.12. The number of fused-ring (bicyclic) bond motifs is 1. The predicted molar refractivity (Wildman–Crippen MR) is 117 cm³/mol. The minimum atomic E-state index is -0.0201. The molecule has 0 spiro atoms. The molecule has 0 aliphatic rings. The lowest BCUT2D eigenvalue weighted by Gasteiger charge is -2.06. The average molecular weight is 398 g/mol. The topological polar surface area (TPSA) is 65.8 Å². The number of nitrogens with zero attached hydrogens (tertiary/aromatic N) is 2. The molecule has 0 saturated heterocycles. The number of aryl methyl sites for hydroxylation is 1. The first-order chi connectivity index (χ1) is 14.2. The zero-order valence-electron chi connectivity index (χ0n) is 15.8. The van der Waals surface area contributed by atoms with E-state index in [2.05, 4.69) is 22.4 Å². The zero-order chi connectivity index (χ0) is 20.1. The Labute approximate surface area is 173 Å². The highest BCUT2D eigenvalue weighted by Crippen LogP contribution is 2.24. The van der Waals surface area contributed by atoms with E-state index in [1.54, 1.807) is 23.5 Å². The molecule has 0 radical (unpaired) electrons. The van der Waals surface area contributed by atoms with Crippen molar-refractivity contribution in [3.05, 3.63) is 94.5 Å². The molecule has 4 rings (SSSR count). The quantitative estimate of drug-likeness (QED) is 0.478. The number of amides is 1. The van der Waals surface area contributed by atoms with Crippen LogP contribution in [0.2, 0.25) is 0 Å². The first-order valence-electron chi connectivity index (χ1n) is 9.42. The number of thiazole rings is 1. The van der Waals surface area contributed by atoms with Crippen molar-refractivity contribution in [3.63, 3.8) is 0 Å². The van der Waals surface area contributed by atoms with Crippen LogP contribution in [0.25, 0.3) is 10.2 Å². The van der Waals surface area contributed by atoms with Gasteiger partial charge < -0.3 is 5.32 Å². The van der Waals surface area contributed by atoms with Crippen LogP contribution in [0.4, 0.5) is 5.69 Å².